The molecular formula is C32H61NO6P+. The average Bonchev–Trinajstić information content (AvgIpc) is 2.89. The number of benzene rings is 1. The monoisotopic (exact) mass is 586 g/mol. The Morgan fingerprint density at radius 2 is 1.25 bits per heavy atom. The molecule has 234 valence electrons. The van der Waals surface area contributed by atoms with E-state index in [1.54, 1.807) is 0 Å². The number of ether oxygens (including phenoxy) is 1. The lowest BCUT2D eigenvalue weighted by Crippen LogP contribution is -2.37. The van der Waals surface area contributed by atoms with Gasteiger partial charge in [-0.1, -0.05) is 121 Å². The lowest BCUT2D eigenvalue weighted by atomic mass is 10.0. The van der Waals surface area contributed by atoms with Crippen molar-refractivity contribution in [2.24, 2.45) is 0 Å². The van der Waals surface area contributed by atoms with Gasteiger partial charge in [-0.25, -0.2) is 4.57 Å². The zero-order valence-electron chi connectivity index (χ0n) is 26.2. The molecule has 1 aromatic rings. The van der Waals surface area contributed by atoms with Gasteiger partial charge in [-0.05, 0) is 18.1 Å². The van der Waals surface area contributed by atoms with Gasteiger partial charge in [0.05, 0.1) is 40.5 Å². The van der Waals surface area contributed by atoms with Crippen LogP contribution in [0, 0.1) is 0 Å². The minimum atomic E-state index is -4.20. The Labute approximate surface area is 245 Å². The molecule has 0 heterocycles. The van der Waals surface area contributed by atoms with Crippen molar-refractivity contribution in [2.45, 2.75) is 122 Å². The van der Waals surface area contributed by atoms with Crippen LogP contribution < -0.4 is 4.74 Å². The number of unbranched alkanes of at least 4 members (excludes halogenated alkanes) is 15. The largest absolute Gasteiger partial charge is 0.493 e. The summed E-state index contributed by atoms with van der Waals surface area (Å²) in [5.74, 6) is 0.744. The van der Waals surface area contributed by atoms with Gasteiger partial charge >= 0.3 is 7.82 Å². The quantitative estimate of drug-likeness (QED) is 0.0616. The Bertz CT molecular complexity index is 785. The molecule has 0 radical (unpaired) electrons. The van der Waals surface area contributed by atoms with E-state index in [0.29, 0.717) is 17.6 Å². The second-order valence-electron chi connectivity index (χ2n) is 12.2. The summed E-state index contributed by atoms with van der Waals surface area (Å²) < 4.78 is 28.7. The number of rotatable bonds is 27. The smallest absolute Gasteiger partial charge is 0.472 e. The predicted molar refractivity (Wildman–Crippen MR) is 166 cm³/mol. The van der Waals surface area contributed by atoms with Gasteiger partial charge < -0.3 is 19.2 Å². The summed E-state index contributed by atoms with van der Waals surface area (Å²) in [4.78, 5) is 9.86. The van der Waals surface area contributed by atoms with Crippen LogP contribution in [-0.2, 0) is 20.0 Å². The normalized spacial score (nSPS) is 14.2. The van der Waals surface area contributed by atoms with Crippen LogP contribution in [0.1, 0.15) is 115 Å². The number of phosphoric ester groups is 1. The van der Waals surface area contributed by atoms with Crippen molar-refractivity contribution in [1.29, 1.82) is 0 Å². The van der Waals surface area contributed by atoms with Gasteiger partial charge in [0.25, 0.3) is 0 Å². The summed E-state index contributed by atoms with van der Waals surface area (Å²) in [6, 6.07) is 7.62. The van der Waals surface area contributed by atoms with Crippen LogP contribution in [0.5, 0.6) is 5.75 Å². The molecule has 0 spiro atoms. The first-order valence-electron chi connectivity index (χ1n) is 15.9. The van der Waals surface area contributed by atoms with E-state index < -0.39 is 13.9 Å². The number of phosphoric acid groups is 1. The highest BCUT2D eigenvalue weighted by Gasteiger charge is 2.24. The molecule has 0 amide bonds. The van der Waals surface area contributed by atoms with Crippen LogP contribution in [0.15, 0.2) is 24.3 Å². The Balaban J connectivity index is 2.10. The highest BCUT2D eigenvalue weighted by molar-refractivity contribution is 7.47. The highest BCUT2D eigenvalue weighted by Crippen LogP contribution is 2.43. The molecule has 0 saturated carbocycles. The number of nitrogens with zero attached hydrogens (tertiary/aromatic N) is 1. The Kier molecular flexibility index (Phi) is 21.0. The average molecular weight is 587 g/mol. The number of aliphatic hydroxyl groups is 1. The molecule has 2 atom stereocenters. The number of quaternary nitrogens is 1. The van der Waals surface area contributed by atoms with Crippen LogP contribution in [0.2, 0.25) is 0 Å². The minimum Gasteiger partial charge on any atom is -0.493 e. The molecule has 0 aliphatic carbocycles. The van der Waals surface area contributed by atoms with Crippen molar-refractivity contribution in [1.82, 2.24) is 0 Å². The molecule has 0 saturated heterocycles. The molecule has 1 aromatic carbocycles. The van der Waals surface area contributed by atoms with E-state index in [1.807, 2.05) is 45.4 Å². The molecule has 8 heteroatoms. The maximum Gasteiger partial charge on any atom is 0.472 e. The second-order valence-corrected chi connectivity index (χ2v) is 13.7. The van der Waals surface area contributed by atoms with E-state index in [2.05, 4.69) is 6.92 Å². The summed E-state index contributed by atoms with van der Waals surface area (Å²) >= 11 is 0. The molecule has 0 fully saturated rings. The fraction of sp³-hybridized carbons (Fsp3) is 0.812. The van der Waals surface area contributed by atoms with Crippen molar-refractivity contribution in [2.75, 3.05) is 47.5 Å². The van der Waals surface area contributed by atoms with Gasteiger partial charge in [0.15, 0.2) is 0 Å². The first-order chi connectivity index (χ1) is 19.1. The van der Waals surface area contributed by atoms with E-state index in [1.165, 1.54) is 89.9 Å². The SMILES string of the molecule is CCCCCCCCCCCCCCCCCCOc1ccccc1CC(O)COP(=O)(O)OCC[N+](C)(C)C. The van der Waals surface area contributed by atoms with Crippen molar-refractivity contribution in [3.63, 3.8) is 0 Å². The molecular weight excluding hydrogens is 525 g/mol. The topological polar surface area (TPSA) is 85.2 Å². The third-order valence-corrected chi connectivity index (χ3v) is 8.11. The summed E-state index contributed by atoms with van der Waals surface area (Å²) in [6.07, 6.45) is 20.8. The number of aliphatic hydroxyl groups excluding tert-OH is 1. The molecule has 1 rings (SSSR count). The molecule has 0 aliphatic rings. The van der Waals surface area contributed by atoms with Gasteiger partial charge in [0.1, 0.15) is 18.9 Å². The third kappa shape index (κ3) is 21.8. The molecule has 2 unspecified atom stereocenters. The molecule has 0 aromatic heterocycles. The third-order valence-electron chi connectivity index (χ3n) is 7.13. The van der Waals surface area contributed by atoms with Crippen molar-refractivity contribution in [3.05, 3.63) is 29.8 Å². The summed E-state index contributed by atoms with van der Waals surface area (Å²) in [5, 5.41) is 10.4. The molecule has 0 bridgehead atoms. The predicted octanol–water partition coefficient (Wildman–Crippen LogP) is 8.07. The molecule has 0 aliphatic heterocycles. The van der Waals surface area contributed by atoms with Crippen LogP contribution >= 0.6 is 7.82 Å². The van der Waals surface area contributed by atoms with E-state index in [9.17, 15) is 14.6 Å². The van der Waals surface area contributed by atoms with Gasteiger partial charge in [-0.15, -0.1) is 0 Å². The molecule has 2 N–H and O–H groups in total. The van der Waals surface area contributed by atoms with Gasteiger partial charge in [-0.3, -0.25) is 9.05 Å². The van der Waals surface area contributed by atoms with E-state index in [4.69, 9.17) is 13.8 Å². The summed E-state index contributed by atoms with van der Waals surface area (Å²) in [5.41, 5.74) is 0.855. The number of hydrogen-bond donors (Lipinski definition) is 2. The van der Waals surface area contributed by atoms with Crippen molar-refractivity contribution in [3.8, 4) is 5.75 Å². The van der Waals surface area contributed by atoms with Crippen LogP contribution in [0.3, 0.4) is 0 Å². The number of likely N-dealkylation sites (N-methyl/N-ethyl adjacent to an activating group) is 1. The Morgan fingerprint density at radius 1 is 0.750 bits per heavy atom. The Hall–Kier alpha value is -0.950. The van der Waals surface area contributed by atoms with Gasteiger partial charge in [-0.2, -0.15) is 0 Å². The van der Waals surface area contributed by atoms with Crippen molar-refractivity contribution < 1.29 is 32.8 Å². The minimum absolute atomic E-state index is 0.101. The maximum atomic E-state index is 12.1. The van der Waals surface area contributed by atoms with E-state index in [-0.39, 0.29) is 19.6 Å². The maximum absolute atomic E-state index is 12.1. The first kappa shape index (κ1) is 37.1. The standard InChI is InChI=1S/C32H60NO6P/c1-5-6-7-8-9-10-11-12-13-14-15-16-17-18-19-22-26-37-32-24-21-20-23-30(32)28-31(34)29-39-40(35,36)38-27-25-33(2,3)4/h20-21,23-24,31,34H,5-19,22,25-29H2,1-4H3/p+1. The van der Waals surface area contributed by atoms with Gasteiger partial charge in [0, 0.05) is 6.42 Å². The summed E-state index contributed by atoms with van der Waals surface area (Å²) in [6.45, 7) is 3.31. The fourth-order valence-electron chi connectivity index (χ4n) is 4.61. The molecule has 7 nitrogen and oxygen atoms in total. The van der Waals surface area contributed by atoms with Crippen LogP contribution in [-0.4, -0.2) is 68.1 Å². The number of hydrogen-bond acceptors (Lipinski definition) is 5. The van der Waals surface area contributed by atoms with Crippen molar-refractivity contribution >= 4 is 7.82 Å². The van der Waals surface area contributed by atoms with Gasteiger partial charge in [0.2, 0.25) is 0 Å². The Morgan fingerprint density at radius 3 is 1.77 bits per heavy atom. The molecule has 40 heavy (non-hydrogen) atoms. The highest BCUT2D eigenvalue weighted by atomic mass is 31.2. The second kappa shape index (κ2) is 22.6. The fourth-order valence-corrected chi connectivity index (χ4v) is 5.35. The first-order valence-corrected chi connectivity index (χ1v) is 17.4. The van der Waals surface area contributed by atoms with Crippen LogP contribution in [0.25, 0.3) is 0 Å². The summed E-state index contributed by atoms with van der Waals surface area (Å²) in [7, 11) is 1.71. The number of para-hydroxylation sites is 1. The van der Waals surface area contributed by atoms with Crippen LogP contribution in [0.4, 0.5) is 0 Å². The zero-order chi connectivity index (χ0) is 29.5. The lowest BCUT2D eigenvalue weighted by molar-refractivity contribution is -0.870. The van der Waals surface area contributed by atoms with E-state index >= 15 is 0 Å². The van der Waals surface area contributed by atoms with E-state index in [0.717, 1.165) is 24.2 Å². The lowest BCUT2D eigenvalue weighted by Gasteiger charge is -2.24. The zero-order valence-corrected chi connectivity index (χ0v) is 27.1.